The molecule has 0 aliphatic rings. The van der Waals surface area contributed by atoms with E-state index < -0.39 is 11.7 Å². The second-order valence-corrected chi connectivity index (χ2v) is 3.88. The van der Waals surface area contributed by atoms with Crippen LogP contribution in [0.5, 0.6) is 5.75 Å². The lowest BCUT2D eigenvalue weighted by Gasteiger charge is -2.18. The minimum Gasteiger partial charge on any atom is -0.508 e. The van der Waals surface area contributed by atoms with E-state index in [1.165, 1.54) is 13.0 Å². The minimum absolute atomic E-state index is 0.0613. The summed E-state index contributed by atoms with van der Waals surface area (Å²) in [5, 5.41) is 9.27. The number of phenols is 1. The van der Waals surface area contributed by atoms with E-state index in [2.05, 4.69) is 0 Å². The third kappa shape index (κ3) is 3.95. The molecule has 0 aliphatic carbocycles. The molecule has 0 saturated carbocycles. The summed E-state index contributed by atoms with van der Waals surface area (Å²) in [6.45, 7) is 8.70. The maximum atomic E-state index is 12.7. The summed E-state index contributed by atoms with van der Waals surface area (Å²) in [6.07, 6.45) is -4.36. The Labute approximate surface area is 100 Å². The maximum Gasteiger partial charge on any atom is 0.416 e. The number of phenolic OH excluding ortho intramolecular Hbond substituents is 1. The topological polar surface area (TPSA) is 20.2 Å². The predicted molar refractivity (Wildman–Crippen MR) is 63.3 cm³/mol. The lowest BCUT2D eigenvalue weighted by molar-refractivity contribution is -0.138. The van der Waals surface area contributed by atoms with E-state index in [9.17, 15) is 18.3 Å². The minimum atomic E-state index is -4.36. The Morgan fingerprint density at radius 2 is 1.59 bits per heavy atom. The molecule has 0 aromatic heterocycles. The number of benzene rings is 1. The zero-order chi connectivity index (χ0) is 13.8. The third-order valence-corrected chi connectivity index (χ3v) is 2.26. The first-order chi connectivity index (χ1) is 7.73. The van der Waals surface area contributed by atoms with Crippen molar-refractivity contribution in [3.05, 3.63) is 28.8 Å². The van der Waals surface area contributed by atoms with Crippen LogP contribution in [0.3, 0.4) is 0 Å². The fourth-order valence-electron chi connectivity index (χ4n) is 1.64. The van der Waals surface area contributed by atoms with Gasteiger partial charge in [0.25, 0.3) is 0 Å². The van der Waals surface area contributed by atoms with Crippen LogP contribution in [-0.2, 0) is 6.18 Å². The Hall–Kier alpha value is -1.19. The van der Waals surface area contributed by atoms with Gasteiger partial charge in [-0.3, -0.25) is 0 Å². The Kier molecular flexibility index (Phi) is 5.52. The van der Waals surface area contributed by atoms with Crippen molar-refractivity contribution in [3.8, 4) is 5.75 Å². The molecule has 0 saturated heterocycles. The van der Waals surface area contributed by atoms with Crippen molar-refractivity contribution < 1.29 is 18.3 Å². The Morgan fingerprint density at radius 1 is 1.12 bits per heavy atom. The van der Waals surface area contributed by atoms with Crippen LogP contribution in [0.25, 0.3) is 0 Å². The fourth-order valence-corrected chi connectivity index (χ4v) is 1.64. The van der Waals surface area contributed by atoms with E-state index in [-0.39, 0.29) is 22.8 Å². The number of hydrogen-bond donors (Lipinski definition) is 1. The number of halogens is 3. The SMILES string of the molecule is CC.Cc1cc(O)cc(C(C)C)c1C(F)(F)F. The van der Waals surface area contributed by atoms with Gasteiger partial charge in [-0.2, -0.15) is 13.2 Å². The molecule has 1 nitrogen and oxygen atoms in total. The van der Waals surface area contributed by atoms with Crippen molar-refractivity contribution in [2.75, 3.05) is 0 Å². The summed E-state index contributed by atoms with van der Waals surface area (Å²) in [4.78, 5) is 0. The van der Waals surface area contributed by atoms with Gasteiger partial charge in [0, 0.05) is 0 Å². The van der Waals surface area contributed by atoms with Crippen LogP contribution < -0.4 is 0 Å². The van der Waals surface area contributed by atoms with Gasteiger partial charge in [-0.05, 0) is 36.1 Å². The van der Waals surface area contributed by atoms with Gasteiger partial charge in [-0.25, -0.2) is 0 Å². The van der Waals surface area contributed by atoms with Crippen molar-refractivity contribution in [1.82, 2.24) is 0 Å². The van der Waals surface area contributed by atoms with E-state index in [0.29, 0.717) is 0 Å². The maximum absolute atomic E-state index is 12.7. The first-order valence-electron chi connectivity index (χ1n) is 5.64. The van der Waals surface area contributed by atoms with E-state index in [1.54, 1.807) is 13.8 Å². The zero-order valence-corrected chi connectivity index (χ0v) is 10.8. The number of hydrogen-bond acceptors (Lipinski definition) is 1. The highest BCUT2D eigenvalue weighted by molar-refractivity contribution is 5.44. The molecule has 0 fully saturated rings. The Balaban J connectivity index is 0.00000121. The largest absolute Gasteiger partial charge is 0.508 e. The first-order valence-corrected chi connectivity index (χ1v) is 5.64. The van der Waals surface area contributed by atoms with Crippen LogP contribution in [0.2, 0.25) is 0 Å². The molecule has 1 aromatic carbocycles. The molecule has 4 heteroatoms. The van der Waals surface area contributed by atoms with Gasteiger partial charge in [0.1, 0.15) is 5.75 Å². The van der Waals surface area contributed by atoms with Crippen molar-refractivity contribution in [2.45, 2.75) is 46.7 Å². The summed E-state index contributed by atoms with van der Waals surface area (Å²) in [7, 11) is 0. The average molecular weight is 248 g/mol. The summed E-state index contributed by atoms with van der Waals surface area (Å²) in [5.41, 5.74) is -0.429. The van der Waals surface area contributed by atoms with Gasteiger partial charge in [-0.1, -0.05) is 27.7 Å². The van der Waals surface area contributed by atoms with Crippen LogP contribution >= 0.6 is 0 Å². The second kappa shape index (κ2) is 5.94. The van der Waals surface area contributed by atoms with Crippen LogP contribution in [0.1, 0.15) is 50.3 Å². The number of alkyl halides is 3. The lowest BCUT2D eigenvalue weighted by Crippen LogP contribution is -2.12. The van der Waals surface area contributed by atoms with Crippen molar-refractivity contribution in [3.63, 3.8) is 0 Å². The van der Waals surface area contributed by atoms with E-state index in [1.807, 2.05) is 13.8 Å². The number of aryl methyl sites for hydroxylation is 1. The van der Waals surface area contributed by atoms with Gasteiger partial charge in [0.15, 0.2) is 0 Å². The predicted octanol–water partition coefficient (Wildman–Crippen LogP) is 4.87. The monoisotopic (exact) mass is 248 g/mol. The molecule has 98 valence electrons. The molecule has 17 heavy (non-hydrogen) atoms. The van der Waals surface area contributed by atoms with Crippen molar-refractivity contribution in [2.24, 2.45) is 0 Å². The Bertz CT molecular complexity index is 368. The molecule has 0 radical (unpaired) electrons. The molecule has 0 heterocycles. The van der Waals surface area contributed by atoms with Crippen LogP contribution in [0, 0.1) is 6.92 Å². The fraction of sp³-hybridized carbons (Fsp3) is 0.538. The average Bonchev–Trinajstić information content (AvgIpc) is 2.17. The highest BCUT2D eigenvalue weighted by Gasteiger charge is 2.35. The standard InChI is InChI=1S/C11H13F3O.C2H6/c1-6(2)9-5-8(15)4-7(3)10(9)11(12,13)14;1-2/h4-6,15H,1-3H3;1-2H3. The second-order valence-electron chi connectivity index (χ2n) is 3.88. The van der Waals surface area contributed by atoms with Crippen molar-refractivity contribution in [1.29, 1.82) is 0 Å². The van der Waals surface area contributed by atoms with Gasteiger partial charge in [0.05, 0.1) is 5.56 Å². The highest BCUT2D eigenvalue weighted by atomic mass is 19.4. The molecule has 1 N–H and O–H groups in total. The van der Waals surface area contributed by atoms with E-state index in [0.717, 1.165) is 6.07 Å². The summed E-state index contributed by atoms with van der Waals surface area (Å²) >= 11 is 0. The molecule has 0 amide bonds. The van der Waals surface area contributed by atoms with Gasteiger partial charge in [-0.15, -0.1) is 0 Å². The van der Waals surface area contributed by atoms with Crippen molar-refractivity contribution >= 4 is 0 Å². The number of aromatic hydroxyl groups is 1. The molecule has 0 aliphatic heterocycles. The first kappa shape index (κ1) is 15.8. The summed E-state index contributed by atoms with van der Waals surface area (Å²) in [6, 6.07) is 2.31. The molecule has 0 atom stereocenters. The lowest BCUT2D eigenvalue weighted by atomic mass is 9.93. The zero-order valence-electron chi connectivity index (χ0n) is 10.8. The molecule has 1 aromatic rings. The molecular formula is C13H19F3O. The molecule has 0 unspecified atom stereocenters. The molecule has 0 spiro atoms. The van der Waals surface area contributed by atoms with Gasteiger partial charge < -0.3 is 5.11 Å². The molecule has 1 rings (SSSR count). The van der Waals surface area contributed by atoms with E-state index in [4.69, 9.17) is 0 Å². The normalized spacial score (nSPS) is 11.1. The summed E-state index contributed by atoms with van der Waals surface area (Å²) < 4.78 is 38.2. The third-order valence-electron chi connectivity index (χ3n) is 2.26. The summed E-state index contributed by atoms with van der Waals surface area (Å²) in [5.74, 6) is -0.392. The smallest absolute Gasteiger partial charge is 0.416 e. The Morgan fingerprint density at radius 3 is 1.94 bits per heavy atom. The highest BCUT2D eigenvalue weighted by Crippen LogP contribution is 2.39. The van der Waals surface area contributed by atoms with Crippen LogP contribution in [0.4, 0.5) is 13.2 Å². The van der Waals surface area contributed by atoms with Crippen LogP contribution in [0.15, 0.2) is 12.1 Å². The molecular weight excluding hydrogens is 229 g/mol. The quantitative estimate of drug-likeness (QED) is 0.751. The van der Waals surface area contributed by atoms with Gasteiger partial charge in [0.2, 0.25) is 0 Å². The van der Waals surface area contributed by atoms with Crippen LogP contribution in [-0.4, -0.2) is 5.11 Å². The van der Waals surface area contributed by atoms with Gasteiger partial charge >= 0.3 is 6.18 Å². The van der Waals surface area contributed by atoms with E-state index >= 15 is 0 Å². The number of rotatable bonds is 1. The molecule has 0 bridgehead atoms.